The van der Waals surface area contributed by atoms with E-state index in [2.05, 4.69) is 15.9 Å². The van der Waals surface area contributed by atoms with Crippen molar-refractivity contribution in [3.63, 3.8) is 0 Å². The number of aromatic nitrogens is 1. The fourth-order valence-corrected chi connectivity index (χ4v) is 3.98. The molecule has 0 aliphatic carbocycles. The van der Waals surface area contributed by atoms with E-state index >= 15 is 0 Å². The lowest BCUT2D eigenvalue weighted by atomic mass is 9.98. The Morgan fingerprint density at radius 2 is 2.04 bits per heavy atom. The van der Waals surface area contributed by atoms with Gasteiger partial charge < -0.3 is 14.0 Å². The van der Waals surface area contributed by atoms with E-state index in [-0.39, 0.29) is 12.2 Å². The highest BCUT2D eigenvalue weighted by molar-refractivity contribution is 9.10. The van der Waals surface area contributed by atoms with Crippen LogP contribution in [-0.2, 0) is 7.05 Å². The Kier molecular flexibility index (Phi) is 4.93. The van der Waals surface area contributed by atoms with E-state index < -0.39 is 0 Å². The first-order chi connectivity index (χ1) is 13.0. The van der Waals surface area contributed by atoms with Gasteiger partial charge in [0.1, 0.15) is 19.0 Å². The Labute approximate surface area is 174 Å². The molecule has 2 aromatic carbocycles. The van der Waals surface area contributed by atoms with Crippen molar-refractivity contribution < 1.29 is 9.47 Å². The van der Waals surface area contributed by atoms with Gasteiger partial charge in [-0.2, -0.15) is 0 Å². The van der Waals surface area contributed by atoms with Crippen molar-refractivity contribution in [1.82, 2.24) is 4.57 Å². The standard InChI is InChI=1S/C20H14BrCl2NO3/c1-24-16-4-2-12(21)8-14(16)18-11(6-7-26-19(18)20(24)25)10-27-17-5-3-13(22)9-15(17)23/h2-6,8-9H,7,10H2,1H3. The molecule has 0 fully saturated rings. The van der Waals surface area contributed by atoms with Crippen molar-refractivity contribution in [1.29, 1.82) is 0 Å². The summed E-state index contributed by atoms with van der Waals surface area (Å²) in [5.74, 6) is 0.871. The van der Waals surface area contributed by atoms with E-state index in [1.807, 2.05) is 24.3 Å². The molecule has 138 valence electrons. The molecule has 0 unspecified atom stereocenters. The van der Waals surface area contributed by atoms with Gasteiger partial charge in [-0.25, -0.2) is 0 Å². The number of ether oxygens (including phenoxy) is 2. The van der Waals surface area contributed by atoms with Crippen LogP contribution in [-0.4, -0.2) is 17.8 Å². The van der Waals surface area contributed by atoms with E-state index in [1.54, 1.807) is 29.8 Å². The molecular weight excluding hydrogens is 453 g/mol. The number of rotatable bonds is 3. The topological polar surface area (TPSA) is 40.5 Å². The first-order valence-electron chi connectivity index (χ1n) is 8.18. The van der Waals surface area contributed by atoms with Crippen LogP contribution in [0.15, 0.2) is 51.7 Å². The molecule has 27 heavy (non-hydrogen) atoms. The van der Waals surface area contributed by atoms with Crippen molar-refractivity contribution in [2.75, 3.05) is 13.2 Å². The first kappa shape index (κ1) is 18.4. The predicted octanol–water partition coefficient (Wildman–Crippen LogP) is 5.46. The number of pyridine rings is 1. The van der Waals surface area contributed by atoms with Crippen LogP contribution in [0.2, 0.25) is 10.0 Å². The largest absolute Gasteiger partial charge is 0.487 e. The fourth-order valence-electron chi connectivity index (χ4n) is 3.15. The van der Waals surface area contributed by atoms with E-state index in [4.69, 9.17) is 32.7 Å². The van der Waals surface area contributed by atoms with E-state index in [9.17, 15) is 4.79 Å². The molecule has 0 atom stereocenters. The maximum Gasteiger partial charge on any atom is 0.293 e. The van der Waals surface area contributed by atoms with E-state index in [0.717, 1.165) is 26.5 Å². The second-order valence-electron chi connectivity index (χ2n) is 6.13. The summed E-state index contributed by atoms with van der Waals surface area (Å²) in [4.78, 5) is 12.7. The number of hydrogen-bond acceptors (Lipinski definition) is 3. The summed E-state index contributed by atoms with van der Waals surface area (Å²) in [5.41, 5.74) is 2.28. The molecule has 2 heterocycles. The van der Waals surface area contributed by atoms with Crippen molar-refractivity contribution in [3.8, 4) is 11.5 Å². The third-order valence-electron chi connectivity index (χ3n) is 4.47. The Morgan fingerprint density at radius 1 is 1.22 bits per heavy atom. The van der Waals surface area contributed by atoms with Gasteiger partial charge in [0.15, 0.2) is 5.75 Å². The van der Waals surface area contributed by atoms with Gasteiger partial charge in [0, 0.05) is 33.1 Å². The summed E-state index contributed by atoms with van der Waals surface area (Å²) < 4.78 is 14.1. The summed E-state index contributed by atoms with van der Waals surface area (Å²) >= 11 is 15.6. The molecule has 0 amide bonds. The molecule has 3 aromatic rings. The van der Waals surface area contributed by atoms with Gasteiger partial charge in [-0.3, -0.25) is 4.79 Å². The maximum absolute atomic E-state index is 12.7. The van der Waals surface area contributed by atoms with Crippen LogP contribution in [0.1, 0.15) is 5.56 Å². The quantitative estimate of drug-likeness (QED) is 0.514. The second kappa shape index (κ2) is 7.23. The SMILES string of the molecule is Cn1c(=O)c2c(c3cc(Br)ccc31)C(COc1ccc(Cl)cc1Cl)=CCO2. The molecule has 1 aromatic heterocycles. The summed E-state index contributed by atoms with van der Waals surface area (Å²) in [5, 5.41) is 1.90. The average Bonchev–Trinajstić information content (AvgIpc) is 2.65. The highest BCUT2D eigenvalue weighted by Crippen LogP contribution is 2.36. The summed E-state index contributed by atoms with van der Waals surface area (Å²) in [6, 6.07) is 10.9. The molecule has 7 heteroatoms. The minimum absolute atomic E-state index is 0.171. The van der Waals surface area contributed by atoms with Crippen LogP contribution < -0.4 is 15.0 Å². The normalized spacial score (nSPS) is 13.1. The Morgan fingerprint density at radius 3 is 2.81 bits per heavy atom. The van der Waals surface area contributed by atoms with Crippen LogP contribution in [0, 0.1) is 0 Å². The first-order valence-corrected chi connectivity index (χ1v) is 9.73. The van der Waals surface area contributed by atoms with Crippen LogP contribution in [0.5, 0.6) is 11.5 Å². The molecule has 0 saturated heterocycles. The van der Waals surface area contributed by atoms with Gasteiger partial charge in [-0.1, -0.05) is 39.1 Å². The van der Waals surface area contributed by atoms with E-state index in [1.165, 1.54) is 0 Å². The van der Waals surface area contributed by atoms with Gasteiger partial charge in [0.05, 0.1) is 10.5 Å². The zero-order valence-electron chi connectivity index (χ0n) is 14.3. The molecule has 4 nitrogen and oxygen atoms in total. The number of hydrogen-bond donors (Lipinski definition) is 0. The Hall–Kier alpha value is -1.95. The monoisotopic (exact) mass is 465 g/mol. The highest BCUT2D eigenvalue weighted by Gasteiger charge is 2.23. The molecule has 0 radical (unpaired) electrons. The molecule has 1 aliphatic heterocycles. The smallest absolute Gasteiger partial charge is 0.293 e. The fraction of sp³-hybridized carbons (Fsp3) is 0.150. The minimum Gasteiger partial charge on any atom is -0.487 e. The summed E-state index contributed by atoms with van der Waals surface area (Å²) in [6.45, 7) is 0.571. The van der Waals surface area contributed by atoms with Crippen LogP contribution in [0.3, 0.4) is 0 Å². The Balaban J connectivity index is 1.80. The third kappa shape index (κ3) is 3.35. The Bertz CT molecular complexity index is 1150. The molecule has 0 spiro atoms. The van der Waals surface area contributed by atoms with Gasteiger partial charge in [-0.05, 0) is 42.5 Å². The van der Waals surface area contributed by atoms with Crippen LogP contribution in [0.4, 0.5) is 0 Å². The van der Waals surface area contributed by atoms with Gasteiger partial charge in [-0.15, -0.1) is 0 Å². The van der Waals surface area contributed by atoms with Gasteiger partial charge in [0.25, 0.3) is 5.56 Å². The predicted molar refractivity (Wildman–Crippen MR) is 112 cm³/mol. The molecular formula is C20H14BrCl2NO3. The zero-order chi connectivity index (χ0) is 19.1. The molecule has 4 rings (SSSR count). The number of fused-ring (bicyclic) bond motifs is 3. The van der Waals surface area contributed by atoms with Crippen molar-refractivity contribution in [2.45, 2.75) is 0 Å². The lowest BCUT2D eigenvalue weighted by Gasteiger charge is -2.22. The van der Waals surface area contributed by atoms with E-state index in [0.29, 0.717) is 28.2 Å². The van der Waals surface area contributed by atoms with Gasteiger partial charge >= 0.3 is 0 Å². The van der Waals surface area contributed by atoms with Crippen LogP contribution in [0.25, 0.3) is 16.5 Å². The summed E-state index contributed by atoms with van der Waals surface area (Å²) in [7, 11) is 1.74. The lowest BCUT2D eigenvalue weighted by Crippen LogP contribution is -2.24. The molecule has 1 aliphatic rings. The number of benzene rings is 2. The lowest BCUT2D eigenvalue weighted by molar-refractivity contribution is 0.338. The third-order valence-corrected chi connectivity index (χ3v) is 5.49. The molecule has 0 N–H and O–H groups in total. The number of halogens is 3. The highest BCUT2D eigenvalue weighted by atomic mass is 79.9. The van der Waals surface area contributed by atoms with Gasteiger partial charge in [0.2, 0.25) is 0 Å². The number of aryl methyl sites for hydroxylation is 1. The van der Waals surface area contributed by atoms with Crippen molar-refractivity contribution in [2.24, 2.45) is 7.05 Å². The summed E-state index contributed by atoms with van der Waals surface area (Å²) in [6.07, 6.45) is 1.92. The molecule has 0 saturated carbocycles. The second-order valence-corrected chi connectivity index (χ2v) is 7.89. The van der Waals surface area contributed by atoms with Crippen LogP contribution >= 0.6 is 39.1 Å². The van der Waals surface area contributed by atoms with Crippen molar-refractivity contribution in [3.05, 3.63) is 72.9 Å². The zero-order valence-corrected chi connectivity index (χ0v) is 17.4. The molecule has 0 bridgehead atoms. The van der Waals surface area contributed by atoms with Crippen molar-refractivity contribution >= 4 is 55.6 Å². The minimum atomic E-state index is -0.171. The number of nitrogens with zero attached hydrogens (tertiary/aromatic N) is 1. The maximum atomic E-state index is 12.7. The average molecular weight is 467 g/mol.